The van der Waals surface area contributed by atoms with Gasteiger partial charge in [0, 0.05) is 44.0 Å². The molecule has 4 heterocycles. The Balaban J connectivity index is 1.72. The maximum Gasteiger partial charge on any atom is 0.219 e. The average molecular weight is 299 g/mol. The second-order valence-corrected chi connectivity index (χ2v) is 7.46. The molecule has 1 aromatic rings. The summed E-state index contributed by atoms with van der Waals surface area (Å²) in [5.74, 6) is 0.857. The van der Waals surface area contributed by atoms with E-state index in [1.165, 1.54) is 17.7 Å². The lowest BCUT2D eigenvalue weighted by molar-refractivity contribution is -0.129. The smallest absolute Gasteiger partial charge is 0.219 e. The van der Waals surface area contributed by atoms with Crippen LogP contribution in [-0.4, -0.2) is 41.4 Å². The summed E-state index contributed by atoms with van der Waals surface area (Å²) in [5, 5.41) is 0. The number of fused-ring (bicyclic) bond motifs is 4. The highest BCUT2D eigenvalue weighted by atomic mass is 35.5. The number of piperidine rings is 1. The minimum Gasteiger partial charge on any atom is -0.341 e. The molecule has 5 heteroatoms. The number of amides is 1. The van der Waals surface area contributed by atoms with Crippen molar-refractivity contribution in [3.05, 3.63) is 21.3 Å². The minimum absolute atomic E-state index is 0.220. The Morgan fingerprint density at radius 2 is 2.21 bits per heavy atom. The summed E-state index contributed by atoms with van der Waals surface area (Å²) < 4.78 is 0.861. The quantitative estimate of drug-likeness (QED) is 0.838. The maximum absolute atomic E-state index is 11.6. The predicted octanol–water partition coefficient (Wildman–Crippen LogP) is 2.84. The summed E-state index contributed by atoms with van der Waals surface area (Å²) in [6, 6.07) is 4.61. The molecule has 0 saturated carbocycles. The molecule has 2 atom stereocenters. The van der Waals surface area contributed by atoms with Crippen LogP contribution in [0.1, 0.15) is 24.6 Å². The molecule has 1 aromatic heterocycles. The normalized spacial score (nSPS) is 27.6. The molecule has 0 spiro atoms. The summed E-state index contributed by atoms with van der Waals surface area (Å²) in [6.45, 7) is 5.61. The van der Waals surface area contributed by atoms with E-state index < -0.39 is 0 Å². The Morgan fingerprint density at radius 3 is 2.89 bits per heavy atom. The van der Waals surface area contributed by atoms with Gasteiger partial charge in [-0.3, -0.25) is 9.69 Å². The number of nitrogens with zero attached hydrogens (tertiary/aromatic N) is 2. The standard InChI is InChI=1S/C14H19ClN2OS/c1-10(18)16-6-11-2-3-12(8-16)17(7-11)9-13-4-5-14(15)19-13/h4-5,11-12H,2-3,6-9H2,1H3/t11-,12+/m0/s1. The van der Waals surface area contributed by atoms with Gasteiger partial charge in [0.25, 0.3) is 0 Å². The monoisotopic (exact) mass is 298 g/mol. The first-order chi connectivity index (χ1) is 9.11. The fourth-order valence-corrected chi connectivity index (χ4v) is 4.38. The van der Waals surface area contributed by atoms with Crippen LogP contribution in [0.4, 0.5) is 0 Å². The van der Waals surface area contributed by atoms with Crippen molar-refractivity contribution in [2.45, 2.75) is 32.4 Å². The Hall–Kier alpha value is -0.580. The highest BCUT2D eigenvalue weighted by Gasteiger charge is 2.35. The van der Waals surface area contributed by atoms with E-state index >= 15 is 0 Å². The topological polar surface area (TPSA) is 23.6 Å². The van der Waals surface area contributed by atoms with Crippen LogP contribution in [0.3, 0.4) is 0 Å². The lowest BCUT2D eigenvalue weighted by atomic mass is 9.95. The van der Waals surface area contributed by atoms with Gasteiger partial charge in [0.15, 0.2) is 0 Å². The summed E-state index contributed by atoms with van der Waals surface area (Å²) in [6.07, 6.45) is 2.48. The van der Waals surface area contributed by atoms with Gasteiger partial charge in [0.05, 0.1) is 4.34 Å². The van der Waals surface area contributed by atoms with Gasteiger partial charge in [-0.15, -0.1) is 11.3 Å². The van der Waals surface area contributed by atoms with Gasteiger partial charge in [-0.1, -0.05) is 11.6 Å². The average Bonchev–Trinajstić information content (AvgIpc) is 2.61. The van der Waals surface area contributed by atoms with Crippen LogP contribution in [-0.2, 0) is 11.3 Å². The molecule has 0 N–H and O–H groups in total. The van der Waals surface area contributed by atoms with Crippen molar-refractivity contribution in [2.75, 3.05) is 19.6 Å². The molecule has 3 nitrogen and oxygen atoms in total. The SMILES string of the molecule is CC(=O)N1C[C@@H]2CC[C@H](C1)N(Cc1ccc(Cl)s1)C2. The van der Waals surface area contributed by atoms with E-state index in [1.54, 1.807) is 18.3 Å². The highest BCUT2D eigenvalue weighted by molar-refractivity contribution is 7.16. The summed E-state index contributed by atoms with van der Waals surface area (Å²) in [4.78, 5) is 17.5. The van der Waals surface area contributed by atoms with Crippen LogP contribution < -0.4 is 0 Å². The van der Waals surface area contributed by atoms with Gasteiger partial charge in [0.1, 0.15) is 0 Å². The molecule has 3 fully saturated rings. The van der Waals surface area contributed by atoms with Gasteiger partial charge in [-0.2, -0.15) is 0 Å². The Kier molecular flexibility index (Phi) is 3.83. The molecule has 3 aliphatic rings. The molecule has 2 bridgehead atoms. The van der Waals surface area contributed by atoms with Crippen molar-refractivity contribution in [3.63, 3.8) is 0 Å². The lowest BCUT2D eigenvalue weighted by Crippen LogP contribution is -2.43. The van der Waals surface area contributed by atoms with Crippen molar-refractivity contribution in [3.8, 4) is 0 Å². The first kappa shape index (κ1) is 13.4. The van der Waals surface area contributed by atoms with E-state index in [4.69, 9.17) is 11.6 Å². The molecule has 4 rings (SSSR count). The molecular formula is C14H19ClN2OS. The molecule has 3 aliphatic heterocycles. The van der Waals surface area contributed by atoms with Crippen LogP contribution in [0.15, 0.2) is 12.1 Å². The number of hydrogen-bond donors (Lipinski definition) is 0. The zero-order valence-electron chi connectivity index (χ0n) is 11.1. The first-order valence-electron chi connectivity index (χ1n) is 6.85. The molecule has 0 radical (unpaired) electrons. The van der Waals surface area contributed by atoms with Crippen LogP contribution >= 0.6 is 22.9 Å². The van der Waals surface area contributed by atoms with E-state index in [0.717, 1.165) is 30.5 Å². The van der Waals surface area contributed by atoms with Crippen molar-refractivity contribution < 1.29 is 4.79 Å². The van der Waals surface area contributed by atoms with Gasteiger partial charge >= 0.3 is 0 Å². The van der Waals surface area contributed by atoms with E-state index in [0.29, 0.717) is 12.0 Å². The van der Waals surface area contributed by atoms with E-state index in [-0.39, 0.29) is 5.91 Å². The predicted molar refractivity (Wildman–Crippen MR) is 78.5 cm³/mol. The molecular weight excluding hydrogens is 280 g/mol. The van der Waals surface area contributed by atoms with Gasteiger partial charge in [0.2, 0.25) is 5.91 Å². The Bertz CT molecular complexity index is 476. The van der Waals surface area contributed by atoms with Crippen LogP contribution in [0.2, 0.25) is 4.34 Å². The summed E-state index contributed by atoms with van der Waals surface area (Å²) in [5.41, 5.74) is 0. The number of thiophene rings is 1. The third kappa shape index (κ3) is 2.96. The zero-order valence-corrected chi connectivity index (χ0v) is 12.7. The number of halogens is 1. The van der Waals surface area contributed by atoms with E-state index in [9.17, 15) is 4.79 Å². The van der Waals surface area contributed by atoms with Crippen molar-refractivity contribution in [1.29, 1.82) is 0 Å². The number of hydrogen-bond acceptors (Lipinski definition) is 3. The van der Waals surface area contributed by atoms with Crippen LogP contribution in [0.5, 0.6) is 0 Å². The van der Waals surface area contributed by atoms with Crippen LogP contribution in [0, 0.1) is 5.92 Å². The molecule has 104 valence electrons. The molecule has 3 saturated heterocycles. The fourth-order valence-electron chi connectivity index (χ4n) is 3.27. The molecule has 0 unspecified atom stereocenters. The van der Waals surface area contributed by atoms with Gasteiger partial charge < -0.3 is 4.90 Å². The molecule has 19 heavy (non-hydrogen) atoms. The van der Waals surface area contributed by atoms with Gasteiger partial charge in [-0.25, -0.2) is 0 Å². The third-order valence-electron chi connectivity index (χ3n) is 4.26. The largest absolute Gasteiger partial charge is 0.341 e. The Labute approximate surface area is 123 Å². The second kappa shape index (κ2) is 5.43. The molecule has 0 aliphatic carbocycles. The maximum atomic E-state index is 11.6. The summed E-state index contributed by atoms with van der Waals surface area (Å²) in [7, 11) is 0. The Morgan fingerprint density at radius 1 is 1.37 bits per heavy atom. The fraction of sp³-hybridized carbons (Fsp3) is 0.643. The number of carbonyl (C=O) groups excluding carboxylic acids is 1. The number of rotatable bonds is 2. The molecule has 1 amide bonds. The van der Waals surface area contributed by atoms with E-state index in [1.807, 2.05) is 11.0 Å². The van der Waals surface area contributed by atoms with Crippen LogP contribution in [0.25, 0.3) is 0 Å². The van der Waals surface area contributed by atoms with Crippen molar-refractivity contribution >= 4 is 28.8 Å². The lowest BCUT2D eigenvalue weighted by Gasteiger charge is -2.35. The second-order valence-electron chi connectivity index (χ2n) is 5.66. The highest BCUT2D eigenvalue weighted by Crippen LogP contribution is 2.31. The first-order valence-corrected chi connectivity index (χ1v) is 8.05. The summed E-state index contributed by atoms with van der Waals surface area (Å²) >= 11 is 7.67. The van der Waals surface area contributed by atoms with E-state index in [2.05, 4.69) is 11.0 Å². The van der Waals surface area contributed by atoms with Gasteiger partial charge in [-0.05, 0) is 30.9 Å². The third-order valence-corrected chi connectivity index (χ3v) is 5.48. The van der Waals surface area contributed by atoms with Crippen molar-refractivity contribution in [2.24, 2.45) is 5.92 Å². The molecule has 0 aromatic carbocycles. The minimum atomic E-state index is 0.220. The zero-order chi connectivity index (χ0) is 13.4. The van der Waals surface area contributed by atoms with Crippen molar-refractivity contribution in [1.82, 2.24) is 9.80 Å². The number of carbonyl (C=O) groups is 1.